The van der Waals surface area contributed by atoms with E-state index in [0.29, 0.717) is 22.8 Å². The largest absolute Gasteiger partial charge is 0.507 e. The minimum Gasteiger partial charge on any atom is -0.507 e. The van der Waals surface area contributed by atoms with Crippen molar-refractivity contribution in [3.63, 3.8) is 0 Å². The van der Waals surface area contributed by atoms with E-state index in [1.165, 1.54) is 0 Å². The lowest BCUT2D eigenvalue weighted by molar-refractivity contribution is -0.132. The molecule has 1 aliphatic heterocycles. The van der Waals surface area contributed by atoms with Gasteiger partial charge in [0.1, 0.15) is 28.2 Å². The fourth-order valence-electron chi connectivity index (χ4n) is 3.52. The number of benzene rings is 1. The minimum atomic E-state index is -1.04. The van der Waals surface area contributed by atoms with Crippen LogP contribution in [-0.4, -0.2) is 34.4 Å². The zero-order chi connectivity index (χ0) is 23.0. The number of aromatic nitrogens is 1. The number of aliphatic hydroxyl groups excluding tert-OH is 1. The van der Waals surface area contributed by atoms with Crippen LogP contribution in [0.3, 0.4) is 0 Å². The number of aryl methyl sites for hydroxylation is 2. The Morgan fingerprint density at radius 3 is 2.53 bits per heavy atom. The molecule has 0 saturated carbocycles. The van der Waals surface area contributed by atoms with Gasteiger partial charge in [0.05, 0.1) is 17.9 Å². The van der Waals surface area contributed by atoms with Crippen molar-refractivity contribution in [3.05, 3.63) is 75.7 Å². The third-order valence-corrected chi connectivity index (χ3v) is 6.11. The van der Waals surface area contributed by atoms with Crippen molar-refractivity contribution in [2.24, 2.45) is 0 Å². The van der Waals surface area contributed by atoms with Gasteiger partial charge in [-0.25, -0.2) is 9.78 Å². The Kier molecular flexibility index (Phi) is 5.67. The molecule has 2 aromatic heterocycles. The van der Waals surface area contributed by atoms with Crippen molar-refractivity contribution < 1.29 is 28.6 Å². The van der Waals surface area contributed by atoms with E-state index in [1.54, 1.807) is 63.2 Å². The van der Waals surface area contributed by atoms with Crippen LogP contribution in [0.5, 0.6) is 0 Å². The molecule has 1 aromatic carbocycles. The van der Waals surface area contributed by atoms with E-state index in [9.17, 15) is 19.5 Å². The molecule has 1 saturated heterocycles. The summed E-state index contributed by atoms with van der Waals surface area (Å²) >= 11 is 0.947. The number of aliphatic hydroxyl groups is 1. The highest BCUT2D eigenvalue weighted by Crippen LogP contribution is 2.44. The van der Waals surface area contributed by atoms with Crippen LogP contribution in [0, 0.1) is 13.8 Å². The molecule has 0 bridgehead atoms. The number of thiazole rings is 1. The number of amides is 1. The van der Waals surface area contributed by atoms with Crippen LogP contribution in [-0.2, 0) is 14.3 Å². The van der Waals surface area contributed by atoms with Gasteiger partial charge in [-0.1, -0.05) is 41.7 Å². The summed E-state index contributed by atoms with van der Waals surface area (Å²) in [5, 5.41) is 11.1. The van der Waals surface area contributed by atoms with Crippen molar-refractivity contribution in [2.75, 3.05) is 11.5 Å². The maximum Gasteiger partial charge on any atom is 0.350 e. The number of Topliss-reactive ketones (excluding diaryl/α,β-unsaturated/α-hetero) is 1. The zero-order valence-corrected chi connectivity index (χ0v) is 18.4. The van der Waals surface area contributed by atoms with E-state index >= 15 is 0 Å². The molecule has 0 spiro atoms. The van der Waals surface area contributed by atoms with Gasteiger partial charge < -0.3 is 14.3 Å². The second-order valence-corrected chi connectivity index (χ2v) is 8.09. The van der Waals surface area contributed by atoms with Crippen LogP contribution in [0.25, 0.3) is 5.76 Å². The quantitative estimate of drug-likeness (QED) is 0.268. The van der Waals surface area contributed by atoms with Crippen molar-refractivity contribution in [3.8, 4) is 0 Å². The van der Waals surface area contributed by atoms with Crippen molar-refractivity contribution >= 4 is 39.9 Å². The van der Waals surface area contributed by atoms with Crippen molar-refractivity contribution in [1.82, 2.24) is 4.98 Å². The monoisotopic (exact) mass is 452 g/mol. The number of esters is 1. The molecule has 1 unspecified atom stereocenters. The Labute approximate surface area is 187 Å². The van der Waals surface area contributed by atoms with E-state index in [0.717, 1.165) is 16.2 Å². The third-order valence-electron chi connectivity index (χ3n) is 4.97. The minimum absolute atomic E-state index is 0.110. The first-order valence-corrected chi connectivity index (χ1v) is 10.7. The van der Waals surface area contributed by atoms with Gasteiger partial charge in [0, 0.05) is 5.56 Å². The van der Waals surface area contributed by atoms with Gasteiger partial charge in [-0.15, -0.1) is 0 Å². The first kappa shape index (κ1) is 21.5. The zero-order valence-electron chi connectivity index (χ0n) is 17.6. The number of carbonyl (C=O) groups excluding carboxylic acids is 3. The summed E-state index contributed by atoms with van der Waals surface area (Å²) in [6.07, 6.45) is 0. The van der Waals surface area contributed by atoms with E-state index < -0.39 is 23.7 Å². The normalized spacial score (nSPS) is 17.7. The SMILES string of the molecule is CCOC(=O)c1sc(N2C(=O)C(=O)C(=C(O)c3ccccc3)C2c2ccc(C)o2)nc1C. The van der Waals surface area contributed by atoms with Gasteiger partial charge in [-0.2, -0.15) is 0 Å². The average Bonchev–Trinajstić information content (AvgIpc) is 3.45. The highest BCUT2D eigenvalue weighted by atomic mass is 32.1. The topological polar surface area (TPSA) is 110 Å². The van der Waals surface area contributed by atoms with Crippen LogP contribution < -0.4 is 4.90 Å². The fraction of sp³-hybridized carbons (Fsp3) is 0.217. The summed E-state index contributed by atoms with van der Waals surface area (Å²) < 4.78 is 10.8. The molecular formula is C23H20N2O6S. The highest BCUT2D eigenvalue weighted by Gasteiger charge is 2.49. The van der Waals surface area contributed by atoms with Gasteiger partial charge in [-0.05, 0) is 32.9 Å². The maximum atomic E-state index is 13.1. The molecule has 3 aromatic rings. The van der Waals surface area contributed by atoms with Gasteiger partial charge in [0.25, 0.3) is 5.78 Å². The second kappa shape index (κ2) is 8.43. The summed E-state index contributed by atoms with van der Waals surface area (Å²) in [5.74, 6) is -1.73. The molecule has 0 aliphatic carbocycles. The summed E-state index contributed by atoms with van der Waals surface area (Å²) in [6, 6.07) is 10.8. The van der Waals surface area contributed by atoms with E-state index in [1.807, 2.05) is 0 Å². The molecule has 9 heteroatoms. The lowest BCUT2D eigenvalue weighted by Gasteiger charge is -2.20. The van der Waals surface area contributed by atoms with Crippen molar-refractivity contribution in [1.29, 1.82) is 0 Å². The molecule has 1 atom stereocenters. The van der Waals surface area contributed by atoms with Gasteiger partial charge in [-0.3, -0.25) is 14.5 Å². The van der Waals surface area contributed by atoms with Crippen molar-refractivity contribution in [2.45, 2.75) is 26.8 Å². The number of anilines is 1. The van der Waals surface area contributed by atoms with Gasteiger partial charge in [0.15, 0.2) is 5.13 Å². The fourth-order valence-corrected chi connectivity index (χ4v) is 4.51. The Balaban J connectivity index is 1.89. The van der Waals surface area contributed by atoms with Crippen LogP contribution in [0.1, 0.15) is 45.4 Å². The number of hydrogen-bond acceptors (Lipinski definition) is 8. The molecule has 8 nitrogen and oxygen atoms in total. The Bertz CT molecular complexity index is 1240. The van der Waals surface area contributed by atoms with E-state index in [2.05, 4.69) is 4.98 Å². The van der Waals surface area contributed by atoms with Gasteiger partial charge in [0.2, 0.25) is 0 Å². The summed E-state index contributed by atoms with van der Waals surface area (Å²) in [6.45, 7) is 5.24. The number of furan rings is 1. The molecule has 1 fully saturated rings. The predicted molar refractivity (Wildman–Crippen MR) is 117 cm³/mol. The number of ketones is 1. The molecule has 32 heavy (non-hydrogen) atoms. The van der Waals surface area contributed by atoms with Crippen LogP contribution in [0.2, 0.25) is 0 Å². The molecule has 0 radical (unpaired) electrons. The van der Waals surface area contributed by atoms with Crippen LogP contribution in [0.4, 0.5) is 5.13 Å². The molecule has 164 valence electrons. The number of carbonyl (C=O) groups is 3. The Morgan fingerprint density at radius 1 is 1.19 bits per heavy atom. The maximum absolute atomic E-state index is 13.1. The first-order valence-electron chi connectivity index (χ1n) is 9.90. The molecule has 1 N–H and O–H groups in total. The highest BCUT2D eigenvalue weighted by molar-refractivity contribution is 7.17. The number of ether oxygens (including phenoxy) is 1. The van der Waals surface area contributed by atoms with Crippen LogP contribution in [0.15, 0.2) is 52.5 Å². The third kappa shape index (κ3) is 3.60. The number of hydrogen-bond donors (Lipinski definition) is 1. The van der Waals surface area contributed by atoms with E-state index in [-0.39, 0.29) is 27.9 Å². The summed E-state index contributed by atoms with van der Waals surface area (Å²) in [4.78, 5) is 44.2. The lowest BCUT2D eigenvalue weighted by Crippen LogP contribution is -2.29. The smallest absolute Gasteiger partial charge is 0.350 e. The Hall–Kier alpha value is -3.72. The van der Waals surface area contributed by atoms with Gasteiger partial charge >= 0.3 is 11.9 Å². The second-order valence-electron chi connectivity index (χ2n) is 7.11. The molecule has 1 aliphatic rings. The predicted octanol–water partition coefficient (Wildman–Crippen LogP) is 4.16. The molecule has 1 amide bonds. The average molecular weight is 452 g/mol. The first-order chi connectivity index (χ1) is 15.3. The molecular weight excluding hydrogens is 432 g/mol. The summed E-state index contributed by atoms with van der Waals surface area (Å²) in [7, 11) is 0. The number of nitrogens with zero attached hydrogens (tertiary/aromatic N) is 2. The summed E-state index contributed by atoms with van der Waals surface area (Å²) in [5.41, 5.74) is 0.658. The molecule has 4 rings (SSSR count). The standard InChI is InChI=1S/C23H20N2O6S/c1-4-30-22(29)20-13(3)24-23(32-20)25-17(15-11-10-12(2)31-15)16(19(27)21(25)28)18(26)14-8-6-5-7-9-14/h5-11,17,26H,4H2,1-3H3. The Morgan fingerprint density at radius 2 is 1.91 bits per heavy atom. The van der Waals surface area contributed by atoms with E-state index in [4.69, 9.17) is 9.15 Å². The van der Waals surface area contributed by atoms with Crippen LogP contribution >= 0.6 is 11.3 Å². The lowest BCUT2D eigenvalue weighted by atomic mass is 9.99. The number of rotatable bonds is 5. The molecule has 3 heterocycles.